The van der Waals surface area contributed by atoms with Crippen molar-refractivity contribution in [2.24, 2.45) is 0 Å². The van der Waals surface area contributed by atoms with Crippen molar-refractivity contribution < 1.29 is 9.59 Å². The zero-order valence-electron chi connectivity index (χ0n) is 13.5. The number of carbonyl (C=O) groups excluding carboxylic acids is 2. The van der Waals surface area contributed by atoms with Crippen molar-refractivity contribution in [1.29, 1.82) is 0 Å². The van der Waals surface area contributed by atoms with Crippen LogP contribution in [0.5, 0.6) is 0 Å². The minimum Gasteiger partial charge on any atom is -0.395 e. The zero-order chi connectivity index (χ0) is 18.0. The first-order valence-electron chi connectivity index (χ1n) is 8.13. The number of aromatic amines is 1. The minimum atomic E-state index is -0.443. The highest BCUT2D eigenvalue weighted by molar-refractivity contribution is 6.32. The van der Waals surface area contributed by atoms with Crippen LogP contribution in [0.4, 0.5) is 5.69 Å². The molecule has 0 amide bonds. The quantitative estimate of drug-likeness (QED) is 0.335. The normalized spacial score (nSPS) is 13.1. The van der Waals surface area contributed by atoms with E-state index in [2.05, 4.69) is 4.98 Å². The molecule has 2 aliphatic carbocycles. The highest BCUT2D eigenvalue weighted by atomic mass is 16.1. The highest BCUT2D eigenvalue weighted by Gasteiger charge is 2.36. The van der Waals surface area contributed by atoms with Crippen LogP contribution in [0.15, 0.2) is 59.4 Å². The molecule has 0 atom stereocenters. The standard InChI is InChI=1S/C21H12N2O3/c22-17-15-16(20(25)12-7-3-2-6-11(12)19(15)24)18-13(21(17)26)9-10-5-1-4-8-14(10)23-18/h1-9,23H,22H2. The van der Waals surface area contributed by atoms with E-state index in [0.29, 0.717) is 16.8 Å². The van der Waals surface area contributed by atoms with E-state index < -0.39 is 11.2 Å². The van der Waals surface area contributed by atoms with Gasteiger partial charge in [0.05, 0.1) is 22.5 Å². The summed E-state index contributed by atoms with van der Waals surface area (Å²) in [7, 11) is 0. The van der Waals surface area contributed by atoms with Crippen LogP contribution < -0.4 is 11.2 Å². The second kappa shape index (κ2) is 4.89. The van der Waals surface area contributed by atoms with Crippen molar-refractivity contribution in [3.05, 3.63) is 87.1 Å². The van der Waals surface area contributed by atoms with E-state index in [-0.39, 0.29) is 28.2 Å². The molecule has 5 nitrogen and oxygen atoms in total. The molecule has 26 heavy (non-hydrogen) atoms. The number of ketones is 2. The molecular weight excluding hydrogens is 328 g/mol. The van der Waals surface area contributed by atoms with Gasteiger partial charge in [0.15, 0.2) is 11.6 Å². The fourth-order valence-corrected chi connectivity index (χ4v) is 3.67. The van der Waals surface area contributed by atoms with Crippen molar-refractivity contribution in [1.82, 2.24) is 4.98 Å². The summed E-state index contributed by atoms with van der Waals surface area (Å²) in [6.07, 6.45) is 0. The first kappa shape index (κ1) is 14.6. The van der Waals surface area contributed by atoms with E-state index in [0.717, 1.165) is 10.9 Å². The topological polar surface area (TPSA) is 93.0 Å². The molecular formula is C21H12N2O3. The van der Waals surface area contributed by atoms with Gasteiger partial charge in [0.1, 0.15) is 0 Å². The van der Waals surface area contributed by atoms with Crippen LogP contribution in [0.2, 0.25) is 0 Å². The monoisotopic (exact) mass is 340 g/mol. The van der Waals surface area contributed by atoms with Crippen LogP contribution in [-0.2, 0) is 0 Å². The summed E-state index contributed by atoms with van der Waals surface area (Å²) in [6.45, 7) is 0. The summed E-state index contributed by atoms with van der Waals surface area (Å²) >= 11 is 0. The Balaban J connectivity index is 2.00. The Bertz CT molecular complexity index is 1300. The number of benzene rings is 3. The molecule has 0 radical (unpaired) electrons. The fraction of sp³-hybridized carbons (Fsp3) is 0. The molecule has 0 saturated heterocycles. The molecule has 5 rings (SSSR count). The number of nitrogens with two attached hydrogens (primary N) is 1. The minimum absolute atomic E-state index is 0.00210. The van der Waals surface area contributed by atoms with Crippen LogP contribution in [-0.4, -0.2) is 16.6 Å². The molecule has 0 unspecified atom stereocenters. The van der Waals surface area contributed by atoms with E-state index in [9.17, 15) is 14.4 Å². The Morgan fingerprint density at radius 1 is 0.731 bits per heavy atom. The molecule has 1 heterocycles. The number of fused-ring (bicyclic) bond motifs is 5. The number of rotatable bonds is 0. The van der Waals surface area contributed by atoms with Crippen LogP contribution in [0.3, 0.4) is 0 Å². The third-order valence-electron chi connectivity index (χ3n) is 4.92. The molecule has 0 aromatic heterocycles. The number of carbonyl (C=O) groups is 2. The third-order valence-corrected chi connectivity index (χ3v) is 4.92. The summed E-state index contributed by atoms with van der Waals surface area (Å²) in [5, 5.41) is 0.825. The molecule has 1 aliphatic heterocycles. The Labute approximate surface area is 147 Å². The van der Waals surface area contributed by atoms with E-state index in [1.807, 2.05) is 24.3 Å². The summed E-state index contributed by atoms with van der Waals surface area (Å²) in [5.74, 6) is -0.702. The second-order valence-corrected chi connectivity index (χ2v) is 6.34. The molecule has 2 aromatic carbocycles. The summed E-state index contributed by atoms with van der Waals surface area (Å²) < 4.78 is 0. The molecule has 124 valence electrons. The number of nitrogens with one attached hydrogen (secondary N) is 1. The van der Waals surface area contributed by atoms with Crippen molar-refractivity contribution in [3.8, 4) is 11.3 Å². The van der Waals surface area contributed by atoms with Gasteiger partial charge in [0.2, 0.25) is 5.43 Å². The van der Waals surface area contributed by atoms with Crippen LogP contribution in [0, 0.1) is 0 Å². The van der Waals surface area contributed by atoms with E-state index in [4.69, 9.17) is 5.73 Å². The number of anilines is 1. The van der Waals surface area contributed by atoms with Crippen molar-refractivity contribution in [2.45, 2.75) is 0 Å². The summed E-state index contributed by atoms with van der Waals surface area (Å²) in [4.78, 5) is 42.0. The number of H-pyrrole nitrogens is 1. The largest absolute Gasteiger partial charge is 0.395 e. The molecule has 3 aliphatic rings. The van der Waals surface area contributed by atoms with Crippen LogP contribution in [0.25, 0.3) is 22.2 Å². The van der Waals surface area contributed by atoms with E-state index >= 15 is 0 Å². The Morgan fingerprint density at radius 2 is 1.35 bits per heavy atom. The second-order valence-electron chi connectivity index (χ2n) is 6.34. The summed E-state index contributed by atoms with van der Waals surface area (Å²) in [5.41, 5.74) is 7.60. The number of hydrogen-bond donors (Lipinski definition) is 2. The smallest absolute Gasteiger partial charge is 0.211 e. The predicted molar refractivity (Wildman–Crippen MR) is 98.9 cm³/mol. The summed E-state index contributed by atoms with van der Waals surface area (Å²) in [6, 6.07) is 15.7. The SMILES string of the molecule is Nc1c2c(c3[nH]c4ccccc4cc-3c1=O)C(=O)c1ccccc1C2=O. The van der Waals surface area contributed by atoms with Gasteiger partial charge < -0.3 is 10.7 Å². The van der Waals surface area contributed by atoms with Gasteiger partial charge in [0.25, 0.3) is 0 Å². The third kappa shape index (κ3) is 1.71. The molecule has 0 saturated carbocycles. The number of aromatic nitrogens is 1. The zero-order valence-corrected chi connectivity index (χ0v) is 13.5. The number of pyridine rings is 1. The van der Waals surface area contributed by atoms with Gasteiger partial charge in [-0.05, 0) is 17.5 Å². The predicted octanol–water partition coefficient (Wildman–Crippen LogP) is 2.99. The van der Waals surface area contributed by atoms with Crippen molar-refractivity contribution >= 4 is 28.2 Å². The number of para-hydroxylation sites is 1. The average Bonchev–Trinajstić information content (AvgIpc) is 2.67. The Hall–Kier alpha value is -3.73. The van der Waals surface area contributed by atoms with Gasteiger partial charge in [-0.25, -0.2) is 0 Å². The Kier molecular flexibility index (Phi) is 2.75. The lowest BCUT2D eigenvalue weighted by molar-refractivity contribution is 0.0980. The van der Waals surface area contributed by atoms with Crippen LogP contribution >= 0.6 is 0 Å². The van der Waals surface area contributed by atoms with E-state index in [1.54, 1.807) is 30.3 Å². The van der Waals surface area contributed by atoms with Gasteiger partial charge in [-0.15, -0.1) is 0 Å². The maximum atomic E-state index is 13.1. The first-order valence-corrected chi connectivity index (χ1v) is 8.13. The Morgan fingerprint density at radius 3 is 2.08 bits per heavy atom. The van der Waals surface area contributed by atoms with Gasteiger partial charge in [-0.1, -0.05) is 42.5 Å². The van der Waals surface area contributed by atoms with Crippen molar-refractivity contribution in [3.63, 3.8) is 0 Å². The maximum Gasteiger partial charge on any atom is 0.211 e. The van der Waals surface area contributed by atoms with E-state index in [1.165, 1.54) is 0 Å². The van der Waals surface area contributed by atoms with Crippen molar-refractivity contribution in [2.75, 3.05) is 5.73 Å². The molecule has 0 fully saturated rings. The molecule has 0 bridgehead atoms. The van der Waals surface area contributed by atoms with Crippen LogP contribution in [0.1, 0.15) is 31.8 Å². The van der Waals surface area contributed by atoms with Gasteiger partial charge in [-0.3, -0.25) is 14.4 Å². The fourth-order valence-electron chi connectivity index (χ4n) is 3.67. The molecule has 0 spiro atoms. The molecule has 3 N–H and O–H groups in total. The average molecular weight is 340 g/mol. The van der Waals surface area contributed by atoms with Gasteiger partial charge in [-0.2, -0.15) is 0 Å². The lowest BCUT2D eigenvalue weighted by atomic mass is 9.80. The number of nitrogen functional groups attached to an aromatic ring is 1. The maximum absolute atomic E-state index is 13.1. The highest BCUT2D eigenvalue weighted by Crippen LogP contribution is 2.36. The lowest BCUT2D eigenvalue weighted by Gasteiger charge is -2.22. The molecule has 5 heteroatoms. The van der Waals surface area contributed by atoms with Gasteiger partial charge in [0, 0.05) is 22.2 Å². The lowest BCUT2D eigenvalue weighted by Crippen LogP contribution is -2.28. The molecule has 2 aromatic rings. The number of hydrogen-bond acceptors (Lipinski definition) is 4. The first-order chi connectivity index (χ1) is 12.6. The van der Waals surface area contributed by atoms with Gasteiger partial charge >= 0.3 is 0 Å².